The van der Waals surface area contributed by atoms with Crippen LogP contribution < -0.4 is 20.8 Å². The van der Waals surface area contributed by atoms with E-state index >= 15 is 0 Å². The van der Waals surface area contributed by atoms with Gasteiger partial charge < -0.3 is 15.4 Å². The molecular formula is C23H27N5O4. The summed E-state index contributed by atoms with van der Waals surface area (Å²) in [4.78, 5) is 39.6. The lowest BCUT2D eigenvalue weighted by atomic mass is 9.95. The van der Waals surface area contributed by atoms with Gasteiger partial charge in [0.2, 0.25) is 0 Å². The molecule has 1 aromatic heterocycles. The van der Waals surface area contributed by atoms with Crippen LogP contribution in [0.15, 0.2) is 53.8 Å². The molecule has 1 aromatic carbocycles. The van der Waals surface area contributed by atoms with Crippen molar-refractivity contribution >= 4 is 23.9 Å². The molecule has 9 heteroatoms. The first kappa shape index (κ1) is 22.9. The van der Waals surface area contributed by atoms with E-state index in [0.717, 1.165) is 25.7 Å². The van der Waals surface area contributed by atoms with Gasteiger partial charge in [0, 0.05) is 12.2 Å². The molecule has 1 saturated carbocycles. The van der Waals surface area contributed by atoms with Crippen molar-refractivity contribution in [3.8, 4) is 5.75 Å². The van der Waals surface area contributed by atoms with E-state index in [9.17, 15) is 14.4 Å². The van der Waals surface area contributed by atoms with Crippen LogP contribution in [0.4, 0.5) is 0 Å². The molecule has 9 nitrogen and oxygen atoms in total. The molecule has 1 fully saturated rings. The average molecular weight is 438 g/mol. The summed E-state index contributed by atoms with van der Waals surface area (Å²) < 4.78 is 5.52. The van der Waals surface area contributed by atoms with Crippen molar-refractivity contribution in [3.63, 3.8) is 0 Å². The fraction of sp³-hybridized carbons (Fsp3) is 0.348. The van der Waals surface area contributed by atoms with E-state index in [0.29, 0.717) is 17.0 Å². The summed E-state index contributed by atoms with van der Waals surface area (Å²) in [6, 6.07) is 12.4. The van der Waals surface area contributed by atoms with Gasteiger partial charge in [-0.2, -0.15) is 5.10 Å². The zero-order valence-corrected chi connectivity index (χ0v) is 17.8. The summed E-state index contributed by atoms with van der Waals surface area (Å²) in [7, 11) is 0. The van der Waals surface area contributed by atoms with E-state index in [4.69, 9.17) is 4.74 Å². The van der Waals surface area contributed by atoms with Gasteiger partial charge in [0.05, 0.1) is 18.5 Å². The number of nitrogens with zero attached hydrogens (tertiary/aromatic N) is 2. The first-order chi connectivity index (χ1) is 15.6. The number of benzene rings is 1. The van der Waals surface area contributed by atoms with Crippen molar-refractivity contribution in [1.82, 2.24) is 21.0 Å². The largest absolute Gasteiger partial charge is 0.484 e. The maximum absolute atomic E-state index is 12.0. The number of hydrogen-bond acceptors (Lipinski definition) is 6. The van der Waals surface area contributed by atoms with Crippen LogP contribution in [0.5, 0.6) is 5.75 Å². The SMILES string of the molecule is O=C(COc1ccc(/C=N\NC(=O)C(=O)NCc2ccccn2)cc1)NC1CCCCC1. The number of carbonyl (C=O) groups is 3. The molecule has 0 bridgehead atoms. The normalized spacial score (nSPS) is 14.0. The van der Waals surface area contributed by atoms with E-state index < -0.39 is 11.8 Å². The number of rotatable bonds is 8. The topological polar surface area (TPSA) is 122 Å². The third-order valence-electron chi connectivity index (χ3n) is 4.96. The molecule has 3 rings (SSSR count). The molecule has 32 heavy (non-hydrogen) atoms. The van der Waals surface area contributed by atoms with Crippen molar-refractivity contribution in [2.45, 2.75) is 44.7 Å². The average Bonchev–Trinajstić information content (AvgIpc) is 2.83. The molecule has 3 N–H and O–H groups in total. The zero-order valence-electron chi connectivity index (χ0n) is 17.8. The van der Waals surface area contributed by atoms with Crippen molar-refractivity contribution in [2.24, 2.45) is 5.10 Å². The van der Waals surface area contributed by atoms with Gasteiger partial charge in [-0.1, -0.05) is 25.3 Å². The monoisotopic (exact) mass is 437 g/mol. The van der Waals surface area contributed by atoms with Gasteiger partial charge in [-0.25, -0.2) is 5.43 Å². The fourth-order valence-electron chi connectivity index (χ4n) is 3.29. The van der Waals surface area contributed by atoms with E-state index in [-0.39, 0.29) is 25.1 Å². The van der Waals surface area contributed by atoms with E-state index in [2.05, 4.69) is 26.1 Å². The number of hydrogen-bond donors (Lipinski definition) is 3. The van der Waals surface area contributed by atoms with Gasteiger partial charge >= 0.3 is 11.8 Å². The van der Waals surface area contributed by atoms with Gasteiger partial charge in [-0.3, -0.25) is 19.4 Å². The highest BCUT2D eigenvalue weighted by atomic mass is 16.5. The zero-order chi connectivity index (χ0) is 22.6. The first-order valence-corrected chi connectivity index (χ1v) is 10.6. The Hall–Kier alpha value is -3.75. The Morgan fingerprint density at radius 3 is 2.53 bits per heavy atom. The summed E-state index contributed by atoms with van der Waals surface area (Å²) in [5.74, 6) is -1.24. The number of ether oxygens (including phenoxy) is 1. The van der Waals surface area contributed by atoms with Crippen LogP contribution in [-0.2, 0) is 20.9 Å². The number of hydrazone groups is 1. The minimum Gasteiger partial charge on any atom is -0.484 e. The Morgan fingerprint density at radius 1 is 1.03 bits per heavy atom. The number of aromatic nitrogens is 1. The van der Waals surface area contributed by atoms with Gasteiger partial charge in [0.1, 0.15) is 5.75 Å². The lowest BCUT2D eigenvalue weighted by molar-refractivity contribution is -0.139. The first-order valence-electron chi connectivity index (χ1n) is 10.6. The van der Waals surface area contributed by atoms with Gasteiger partial charge in [-0.05, 0) is 54.8 Å². The standard InChI is InChI=1S/C23H27N5O4/c29-21(27-18-6-2-1-3-7-18)16-32-20-11-9-17(10-12-20)14-26-28-23(31)22(30)25-15-19-8-4-5-13-24-19/h4-5,8-14,18H,1-3,6-7,15-16H2,(H,25,30)(H,27,29)(H,28,31)/b26-14-. The molecule has 1 aliphatic rings. The number of pyridine rings is 1. The highest BCUT2D eigenvalue weighted by Gasteiger charge is 2.16. The molecule has 0 aliphatic heterocycles. The molecule has 0 atom stereocenters. The Balaban J connectivity index is 1.36. The molecule has 0 radical (unpaired) electrons. The predicted octanol–water partition coefficient (Wildman–Crippen LogP) is 1.68. The van der Waals surface area contributed by atoms with Gasteiger partial charge in [0.25, 0.3) is 5.91 Å². The van der Waals surface area contributed by atoms with Crippen molar-refractivity contribution in [2.75, 3.05) is 6.61 Å². The van der Waals surface area contributed by atoms with Crippen LogP contribution in [0.25, 0.3) is 0 Å². The van der Waals surface area contributed by atoms with E-state index in [1.807, 2.05) is 0 Å². The summed E-state index contributed by atoms with van der Waals surface area (Å²) in [5.41, 5.74) is 3.51. The smallest absolute Gasteiger partial charge is 0.329 e. The van der Waals surface area contributed by atoms with Crippen molar-refractivity contribution < 1.29 is 19.1 Å². The van der Waals surface area contributed by atoms with Crippen LogP contribution in [0, 0.1) is 0 Å². The Kier molecular flexibility index (Phi) is 8.73. The maximum Gasteiger partial charge on any atom is 0.329 e. The predicted molar refractivity (Wildman–Crippen MR) is 119 cm³/mol. The van der Waals surface area contributed by atoms with Crippen LogP contribution in [0.2, 0.25) is 0 Å². The molecule has 0 saturated heterocycles. The van der Waals surface area contributed by atoms with Gasteiger partial charge in [0.15, 0.2) is 6.61 Å². The van der Waals surface area contributed by atoms with Crippen LogP contribution in [0.1, 0.15) is 43.4 Å². The second-order valence-corrected chi connectivity index (χ2v) is 7.46. The molecule has 2 aromatic rings. The summed E-state index contributed by atoms with van der Waals surface area (Å²) in [5, 5.41) is 9.25. The van der Waals surface area contributed by atoms with Crippen LogP contribution >= 0.6 is 0 Å². The van der Waals surface area contributed by atoms with Crippen LogP contribution in [-0.4, -0.2) is 41.6 Å². The second-order valence-electron chi connectivity index (χ2n) is 7.46. The van der Waals surface area contributed by atoms with E-state index in [1.54, 1.807) is 48.7 Å². The molecule has 1 aliphatic carbocycles. The van der Waals surface area contributed by atoms with Crippen molar-refractivity contribution in [1.29, 1.82) is 0 Å². The fourth-order valence-corrected chi connectivity index (χ4v) is 3.29. The third-order valence-corrected chi connectivity index (χ3v) is 4.96. The van der Waals surface area contributed by atoms with E-state index in [1.165, 1.54) is 12.6 Å². The highest BCUT2D eigenvalue weighted by Crippen LogP contribution is 2.17. The summed E-state index contributed by atoms with van der Waals surface area (Å²) in [6.07, 6.45) is 8.62. The number of nitrogens with one attached hydrogen (secondary N) is 3. The Labute approximate surface area is 186 Å². The quantitative estimate of drug-likeness (QED) is 0.330. The Morgan fingerprint density at radius 2 is 1.81 bits per heavy atom. The van der Waals surface area contributed by atoms with Gasteiger partial charge in [-0.15, -0.1) is 0 Å². The molecule has 1 heterocycles. The lowest BCUT2D eigenvalue weighted by Gasteiger charge is -2.22. The van der Waals surface area contributed by atoms with Crippen LogP contribution in [0.3, 0.4) is 0 Å². The minimum atomic E-state index is -0.874. The Bertz CT molecular complexity index is 925. The van der Waals surface area contributed by atoms with Crippen molar-refractivity contribution in [3.05, 3.63) is 59.9 Å². The molecule has 3 amide bonds. The summed E-state index contributed by atoms with van der Waals surface area (Å²) in [6.45, 7) is 0.116. The summed E-state index contributed by atoms with van der Waals surface area (Å²) >= 11 is 0. The number of carbonyl (C=O) groups excluding carboxylic acids is 3. The highest BCUT2D eigenvalue weighted by molar-refractivity contribution is 6.35. The third kappa shape index (κ3) is 7.82. The molecular weight excluding hydrogens is 410 g/mol. The maximum atomic E-state index is 12.0. The minimum absolute atomic E-state index is 0.0341. The molecule has 0 unspecified atom stereocenters. The molecule has 168 valence electrons. The number of amides is 3. The lowest BCUT2D eigenvalue weighted by Crippen LogP contribution is -2.38. The molecule has 0 spiro atoms. The second kappa shape index (κ2) is 12.2.